The van der Waals surface area contributed by atoms with E-state index in [0.29, 0.717) is 35.9 Å². The van der Waals surface area contributed by atoms with Crippen LogP contribution in [-0.4, -0.2) is 16.8 Å². The standard InChI is InChI=1S/C20H21N3O4/c1-13-18(12-21-19(25)9-8-17-7-4-10-26-17)23-20(27-13)15-5-3-6-16(11-15)22-14(2)24/h3-7,10-11H,8-9,12H2,1-2H3,(H,21,25)(H,22,24). The summed E-state index contributed by atoms with van der Waals surface area (Å²) in [7, 11) is 0. The lowest BCUT2D eigenvalue weighted by Gasteiger charge is -2.03. The molecule has 2 heterocycles. The van der Waals surface area contributed by atoms with Crippen molar-refractivity contribution >= 4 is 17.5 Å². The third-order valence-corrected chi connectivity index (χ3v) is 3.95. The minimum atomic E-state index is -0.145. The Morgan fingerprint density at radius 3 is 2.78 bits per heavy atom. The van der Waals surface area contributed by atoms with Gasteiger partial charge in [0.05, 0.1) is 12.8 Å². The number of hydrogen-bond donors (Lipinski definition) is 2. The van der Waals surface area contributed by atoms with E-state index in [0.717, 1.165) is 11.3 Å². The van der Waals surface area contributed by atoms with E-state index in [-0.39, 0.29) is 18.4 Å². The van der Waals surface area contributed by atoms with Gasteiger partial charge in [0.2, 0.25) is 17.7 Å². The molecule has 0 saturated carbocycles. The van der Waals surface area contributed by atoms with Crippen molar-refractivity contribution in [2.45, 2.75) is 33.2 Å². The molecular formula is C20H21N3O4. The molecule has 7 heteroatoms. The van der Waals surface area contributed by atoms with Crippen molar-refractivity contribution in [3.8, 4) is 11.5 Å². The lowest BCUT2D eigenvalue weighted by Crippen LogP contribution is -2.23. The Kier molecular flexibility index (Phi) is 5.71. The maximum Gasteiger partial charge on any atom is 0.226 e. The SMILES string of the molecule is CC(=O)Nc1cccc(-c2nc(CNC(=O)CCc3ccco3)c(C)o2)c1. The zero-order valence-electron chi connectivity index (χ0n) is 15.2. The Labute approximate surface area is 156 Å². The summed E-state index contributed by atoms with van der Waals surface area (Å²) in [6.45, 7) is 3.55. The molecule has 0 fully saturated rings. The lowest BCUT2D eigenvalue weighted by atomic mass is 10.2. The van der Waals surface area contributed by atoms with Gasteiger partial charge in [-0.15, -0.1) is 0 Å². The quantitative estimate of drug-likeness (QED) is 0.666. The first-order chi connectivity index (χ1) is 13.0. The fourth-order valence-electron chi connectivity index (χ4n) is 2.61. The summed E-state index contributed by atoms with van der Waals surface area (Å²) < 4.78 is 10.9. The first-order valence-corrected chi connectivity index (χ1v) is 8.64. The van der Waals surface area contributed by atoms with Crippen molar-refractivity contribution in [2.75, 3.05) is 5.32 Å². The van der Waals surface area contributed by atoms with E-state index in [1.807, 2.05) is 18.2 Å². The molecular weight excluding hydrogens is 346 g/mol. The largest absolute Gasteiger partial charge is 0.469 e. The predicted octanol–water partition coefficient (Wildman–Crippen LogP) is 3.45. The minimum Gasteiger partial charge on any atom is -0.469 e. The number of rotatable bonds is 7. The molecule has 2 aromatic heterocycles. The maximum absolute atomic E-state index is 12.0. The monoisotopic (exact) mass is 367 g/mol. The molecule has 0 bridgehead atoms. The van der Waals surface area contributed by atoms with Crippen LogP contribution in [0.25, 0.3) is 11.5 Å². The van der Waals surface area contributed by atoms with Crippen molar-refractivity contribution in [3.63, 3.8) is 0 Å². The molecule has 0 atom stereocenters. The molecule has 0 spiro atoms. The highest BCUT2D eigenvalue weighted by atomic mass is 16.4. The van der Waals surface area contributed by atoms with Crippen LogP contribution >= 0.6 is 0 Å². The van der Waals surface area contributed by atoms with Gasteiger partial charge in [0.1, 0.15) is 17.2 Å². The number of benzene rings is 1. The first-order valence-electron chi connectivity index (χ1n) is 8.64. The molecule has 2 amide bonds. The van der Waals surface area contributed by atoms with Crippen LogP contribution in [0.2, 0.25) is 0 Å². The van der Waals surface area contributed by atoms with Gasteiger partial charge in [-0.1, -0.05) is 6.07 Å². The zero-order valence-corrected chi connectivity index (χ0v) is 15.2. The topological polar surface area (TPSA) is 97.4 Å². The van der Waals surface area contributed by atoms with Crippen LogP contribution in [0.5, 0.6) is 0 Å². The number of carbonyl (C=O) groups excluding carboxylic acids is 2. The highest BCUT2D eigenvalue weighted by molar-refractivity contribution is 5.89. The van der Waals surface area contributed by atoms with Gasteiger partial charge in [0.15, 0.2) is 0 Å². The van der Waals surface area contributed by atoms with Crippen LogP contribution in [0, 0.1) is 6.92 Å². The first kappa shape index (κ1) is 18.4. The van der Waals surface area contributed by atoms with Crippen LogP contribution in [0.1, 0.15) is 30.6 Å². The third kappa shape index (κ3) is 5.07. The summed E-state index contributed by atoms with van der Waals surface area (Å²) in [6.07, 6.45) is 2.49. The van der Waals surface area contributed by atoms with E-state index in [2.05, 4.69) is 15.6 Å². The molecule has 2 N–H and O–H groups in total. The van der Waals surface area contributed by atoms with E-state index in [4.69, 9.17) is 8.83 Å². The molecule has 0 aliphatic heterocycles. The fourth-order valence-corrected chi connectivity index (χ4v) is 2.61. The summed E-state index contributed by atoms with van der Waals surface area (Å²) in [6, 6.07) is 10.9. The summed E-state index contributed by atoms with van der Waals surface area (Å²) in [5.74, 6) is 1.64. The van der Waals surface area contributed by atoms with Crippen molar-refractivity contribution in [3.05, 3.63) is 59.9 Å². The number of carbonyl (C=O) groups is 2. The van der Waals surface area contributed by atoms with E-state index in [9.17, 15) is 9.59 Å². The molecule has 0 aliphatic rings. The number of amides is 2. The van der Waals surface area contributed by atoms with Crippen LogP contribution in [0.3, 0.4) is 0 Å². The fraction of sp³-hybridized carbons (Fsp3) is 0.250. The summed E-state index contributed by atoms with van der Waals surface area (Å²) >= 11 is 0. The van der Waals surface area contributed by atoms with Gasteiger partial charge in [0.25, 0.3) is 0 Å². The number of aromatic nitrogens is 1. The predicted molar refractivity (Wildman–Crippen MR) is 99.9 cm³/mol. The Morgan fingerprint density at radius 1 is 1.19 bits per heavy atom. The van der Waals surface area contributed by atoms with Gasteiger partial charge in [0, 0.05) is 31.0 Å². The van der Waals surface area contributed by atoms with Gasteiger partial charge in [-0.3, -0.25) is 9.59 Å². The summed E-state index contributed by atoms with van der Waals surface area (Å²) in [5, 5.41) is 5.57. The van der Waals surface area contributed by atoms with E-state index < -0.39 is 0 Å². The molecule has 1 aromatic carbocycles. The number of nitrogens with zero attached hydrogens (tertiary/aromatic N) is 1. The van der Waals surface area contributed by atoms with E-state index >= 15 is 0 Å². The Hall–Kier alpha value is -3.35. The van der Waals surface area contributed by atoms with Crippen molar-refractivity contribution < 1.29 is 18.4 Å². The highest BCUT2D eigenvalue weighted by Crippen LogP contribution is 2.24. The Morgan fingerprint density at radius 2 is 2.04 bits per heavy atom. The molecule has 0 saturated heterocycles. The van der Waals surface area contributed by atoms with Gasteiger partial charge in [-0.25, -0.2) is 4.98 Å². The van der Waals surface area contributed by atoms with Crippen LogP contribution < -0.4 is 10.6 Å². The average Bonchev–Trinajstić information content (AvgIpc) is 3.27. The molecule has 0 aliphatic carbocycles. The molecule has 3 rings (SSSR count). The van der Waals surface area contributed by atoms with Gasteiger partial charge >= 0.3 is 0 Å². The summed E-state index contributed by atoms with van der Waals surface area (Å²) in [4.78, 5) is 27.7. The van der Waals surface area contributed by atoms with Crippen molar-refractivity contribution in [2.24, 2.45) is 0 Å². The Bertz CT molecular complexity index is 929. The molecule has 140 valence electrons. The molecule has 3 aromatic rings. The molecule has 27 heavy (non-hydrogen) atoms. The number of furan rings is 1. The number of anilines is 1. The molecule has 0 unspecified atom stereocenters. The smallest absolute Gasteiger partial charge is 0.226 e. The maximum atomic E-state index is 12.0. The third-order valence-electron chi connectivity index (χ3n) is 3.95. The minimum absolute atomic E-state index is 0.0806. The van der Waals surface area contributed by atoms with Gasteiger partial charge in [-0.2, -0.15) is 0 Å². The zero-order chi connectivity index (χ0) is 19.2. The van der Waals surface area contributed by atoms with E-state index in [1.54, 1.807) is 31.4 Å². The number of nitrogens with one attached hydrogen (secondary N) is 2. The van der Waals surface area contributed by atoms with Crippen LogP contribution in [0.15, 0.2) is 51.5 Å². The second-order valence-corrected chi connectivity index (χ2v) is 6.14. The van der Waals surface area contributed by atoms with Gasteiger partial charge in [-0.05, 0) is 37.3 Å². The summed E-state index contributed by atoms with van der Waals surface area (Å²) in [5.41, 5.74) is 2.09. The van der Waals surface area contributed by atoms with Crippen LogP contribution in [-0.2, 0) is 22.6 Å². The normalized spacial score (nSPS) is 10.6. The van der Waals surface area contributed by atoms with E-state index in [1.165, 1.54) is 6.92 Å². The molecule has 7 nitrogen and oxygen atoms in total. The number of aryl methyl sites for hydroxylation is 2. The second kappa shape index (κ2) is 8.35. The van der Waals surface area contributed by atoms with Crippen LogP contribution in [0.4, 0.5) is 5.69 Å². The number of hydrogen-bond acceptors (Lipinski definition) is 5. The van der Waals surface area contributed by atoms with Gasteiger partial charge < -0.3 is 19.5 Å². The Balaban J connectivity index is 1.61. The van der Waals surface area contributed by atoms with Crippen molar-refractivity contribution in [1.29, 1.82) is 0 Å². The van der Waals surface area contributed by atoms with Crippen molar-refractivity contribution in [1.82, 2.24) is 10.3 Å². The second-order valence-electron chi connectivity index (χ2n) is 6.14. The lowest BCUT2D eigenvalue weighted by molar-refractivity contribution is -0.121. The molecule has 0 radical (unpaired) electrons. The highest BCUT2D eigenvalue weighted by Gasteiger charge is 2.13. The average molecular weight is 367 g/mol. The number of oxazole rings is 1.